The van der Waals surface area contributed by atoms with Crippen LogP contribution in [0.1, 0.15) is 163 Å². The Hall–Kier alpha value is -0.416. The number of rotatable bonds is 30. The largest absolute Gasteiger partial charge is 0.409 e. The van der Waals surface area contributed by atoms with Gasteiger partial charge in [0.05, 0.1) is 0 Å². The van der Waals surface area contributed by atoms with Gasteiger partial charge in [-0.25, -0.2) is 0 Å². The number of hydrogen-bond acceptors (Lipinski definition) is 5. The molecule has 0 aromatic rings. The summed E-state index contributed by atoms with van der Waals surface area (Å²) in [6, 6.07) is 4.15. The first kappa shape index (κ1) is 47.6. The lowest BCUT2D eigenvalue weighted by molar-refractivity contribution is 0.232. The highest BCUT2D eigenvalue weighted by atomic mass is 28.5. The van der Waals surface area contributed by atoms with Crippen LogP contribution in [-0.4, -0.2) is 42.8 Å². The Morgan fingerprint density at radius 2 is 0.440 bits per heavy atom. The Balaban J connectivity index is 4.10. The Morgan fingerprint density at radius 1 is 0.280 bits per heavy atom. The van der Waals surface area contributed by atoms with Crippen molar-refractivity contribution in [1.82, 2.24) is 0 Å². The van der Waals surface area contributed by atoms with E-state index in [1.807, 2.05) is 0 Å². The second-order valence-electron chi connectivity index (χ2n) is 14.6. The minimum Gasteiger partial charge on any atom is -0.409 e. The van der Waals surface area contributed by atoms with Gasteiger partial charge in [-0.2, -0.15) is 0 Å². The fourth-order valence-electron chi connectivity index (χ4n) is 6.99. The van der Waals surface area contributed by atoms with Gasteiger partial charge < -0.3 is 20.6 Å². The third-order valence-corrected chi connectivity index (χ3v) is 32.4. The maximum absolute atomic E-state index is 7.65. The second-order valence-corrected chi connectivity index (χ2v) is 31.4. The van der Waals surface area contributed by atoms with Gasteiger partial charge >= 0.3 is 42.8 Å². The first-order chi connectivity index (χ1) is 24.1. The molecule has 50 heavy (non-hydrogen) atoms. The monoisotopic (exact) mass is 780 g/mol. The summed E-state index contributed by atoms with van der Waals surface area (Å²) >= 11 is 0. The van der Waals surface area contributed by atoms with Gasteiger partial charge in [-0.1, -0.05) is 192 Å². The molecule has 290 valence electrons. The molecule has 0 atom stereocenters. The van der Waals surface area contributed by atoms with Gasteiger partial charge in [0, 0.05) is 0 Å². The molecule has 0 N–H and O–H groups in total. The summed E-state index contributed by atoms with van der Waals surface area (Å²) in [5.74, 6) is 0. The molecule has 0 amide bonds. The van der Waals surface area contributed by atoms with Crippen LogP contribution in [0.4, 0.5) is 0 Å². The maximum atomic E-state index is 7.65. The van der Waals surface area contributed by atoms with E-state index >= 15 is 0 Å². The molecule has 1 aliphatic heterocycles. The third kappa shape index (κ3) is 16.3. The van der Waals surface area contributed by atoms with E-state index in [9.17, 15) is 0 Å². The number of unbranched alkanes of at least 4 members (excludes halogenated alkanes) is 15. The van der Waals surface area contributed by atoms with Crippen LogP contribution in [0.25, 0.3) is 0 Å². The van der Waals surface area contributed by atoms with E-state index in [-0.39, 0.29) is 0 Å². The molecule has 0 aromatic carbocycles. The van der Waals surface area contributed by atoms with Crippen LogP contribution in [0.15, 0.2) is 61.4 Å². The lowest BCUT2D eigenvalue weighted by Crippen LogP contribution is -2.68. The molecule has 1 rings (SSSR count). The molecule has 5 nitrogen and oxygen atoms in total. The Morgan fingerprint density at radius 3 is 0.560 bits per heavy atom. The summed E-state index contributed by atoms with van der Waals surface area (Å²) in [6.07, 6.45) is 22.7. The highest BCUT2D eigenvalue weighted by molar-refractivity contribution is 6.99. The minimum atomic E-state index is -3.12. The zero-order valence-corrected chi connectivity index (χ0v) is 38.6. The molecule has 0 unspecified atom stereocenters. The smallest absolute Gasteiger partial charge is 0.347 e. The fourth-order valence-corrected chi connectivity index (χ4v) is 33.6. The molecule has 1 aliphatic rings. The van der Waals surface area contributed by atoms with E-state index in [0.29, 0.717) is 0 Å². The normalized spacial score (nSPS) is 28.9. The van der Waals surface area contributed by atoms with Gasteiger partial charge in [-0.05, 0) is 30.2 Å². The van der Waals surface area contributed by atoms with E-state index in [1.165, 1.54) is 64.2 Å². The molecule has 0 aromatic heterocycles. The van der Waals surface area contributed by atoms with Crippen molar-refractivity contribution in [2.45, 2.75) is 193 Å². The number of hydrogen-bond donors (Lipinski definition) is 0. The average Bonchev–Trinajstić information content (AvgIpc) is 3.13. The van der Waals surface area contributed by atoms with E-state index in [4.69, 9.17) is 20.6 Å². The summed E-state index contributed by atoms with van der Waals surface area (Å²) in [6.45, 7) is 33.7. The first-order valence-corrected chi connectivity index (χ1v) is 31.3. The zero-order chi connectivity index (χ0) is 37.2. The Labute approximate surface area is 316 Å². The van der Waals surface area contributed by atoms with Gasteiger partial charge in [0.15, 0.2) is 0 Å². The summed E-state index contributed by atoms with van der Waals surface area (Å²) in [7, 11) is -15.6. The molecular formula is C40H80O5Si5. The van der Waals surface area contributed by atoms with Crippen molar-refractivity contribution in [2.24, 2.45) is 0 Å². The van der Waals surface area contributed by atoms with Gasteiger partial charge in [0.2, 0.25) is 0 Å². The van der Waals surface area contributed by atoms with Gasteiger partial charge in [0.1, 0.15) is 0 Å². The molecule has 1 saturated heterocycles. The SMILES string of the molecule is C=C[Si]1(CCCCCC)O[Si](C=C)(CCCCCC)O[Si](C=C)(CCCCCC)O[Si](C=C)(CCCCCC)O[Si](C=C)(CCCCCC)O1. The van der Waals surface area contributed by atoms with Crippen molar-refractivity contribution in [3.05, 3.63) is 61.4 Å². The predicted octanol–water partition coefficient (Wildman–Crippen LogP) is 13.8. The van der Waals surface area contributed by atoms with Crippen LogP contribution >= 0.6 is 0 Å². The van der Waals surface area contributed by atoms with Crippen LogP contribution in [-0.2, 0) is 20.6 Å². The van der Waals surface area contributed by atoms with Crippen LogP contribution in [0.3, 0.4) is 0 Å². The molecule has 1 heterocycles. The van der Waals surface area contributed by atoms with Crippen molar-refractivity contribution < 1.29 is 20.6 Å². The molecule has 0 radical (unpaired) electrons. The van der Waals surface area contributed by atoms with Gasteiger partial charge in [-0.3, -0.25) is 0 Å². The van der Waals surface area contributed by atoms with Gasteiger partial charge in [0.25, 0.3) is 0 Å². The van der Waals surface area contributed by atoms with Crippen LogP contribution < -0.4 is 0 Å². The third-order valence-electron chi connectivity index (χ3n) is 10.2. The lowest BCUT2D eigenvalue weighted by Gasteiger charge is -2.51. The standard InChI is InChI=1S/C40H80O5Si5/c1-11-21-26-31-36-46(16-6)41-47(17-7,37-32-27-22-12-2)43-49(19-9,39-34-29-24-14-4)45-50(20-10,40-35-30-25-15-5)44-48(18-8,42-46)38-33-28-23-13-3/h16-20H,6-15,21-40H2,1-5H3. The zero-order valence-electron chi connectivity index (χ0n) is 33.6. The maximum Gasteiger partial charge on any atom is 0.347 e. The molecule has 0 aliphatic carbocycles. The summed E-state index contributed by atoms with van der Waals surface area (Å²) in [5.41, 5.74) is 10.3. The summed E-state index contributed by atoms with van der Waals surface area (Å²) in [5, 5.41) is 0. The van der Waals surface area contributed by atoms with Crippen molar-refractivity contribution in [3.63, 3.8) is 0 Å². The lowest BCUT2D eigenvalue weighted by atomic mass is 10.2. The molecule has 0 spiro atoms. The van der Waals surface area contributed by atoms with Crippen LogP contribution in [0.2, 0.25) is 30.2 Å². The van der Waals surface area contributed by atoms with Crippen LogP contribution in [0.5, 0.6) is 0 Å². The summed E-state index contributed by atoms with van der Waals surface area (Å²) in [4.78, 5) is 0. The van der Waals surface area contributed by atoms with E-state index in [1.54, 1.807) is 0 Å². The quantitative estimate of drug-likeness (QED) is 0.0537. The average molecular weight is 782 g/mol. The topological polar surface area (TPSA) is 46.2 Å². The molecule has 0 saturated carbocycles. The summed E-state index contributed by atoms with van der Waals surface area (Å²) < 4.78 is 38.2. The van der Waals surface area contributed by atoms with Crippen LogP contribution in [0, 0.1) is 0 Å². The molecular weight excluding hydrogens is 701 g/mol. The highest BCUT2D eigenvalue weighted by Crippen LogP contribution is 2.42. The predicted molar refractivity (Wildman–Crippen MR) is 230 cm³/mol. The Bertz CT molecular complexity index is 776. The first-order valence-electron chi connectivity index (χ1n) is 20.8. The van der Waals surface area contributed by atoms with E-state index in [2.05, 4.69) is 96.0 Å². The van der Waals surface area contributed by atoms with E-state index < -0.39 is 42.8 Å². The second kappa shape index (κ2) is 26.4. The minimum absolute atomic E-state index is 0.831. The molecule has 10 heteroatoms. The van der Waals surface area contributed by atoms with Crippen molar-refractivity contribution >= 4 is 42.8 Å². The molecule has 1 fully saturated rings. The Kier molecular flexibility index (Phi) is 25.1. The van der Waals surface area contributed by atoms with Crippen molar-refractivity contribution in [1.29, 1.82) is 0 Å². The fraction of sp³-hybridized carbons (Fsp3) is 0.750. The highest BCUT2D eigenvalue weighted by Gasteiger charge is 2.59. The van der Waals surface area contributed by atoms with Crippen molar-refractivity contribution in [3.8, 4) is 0 Å². The van der Waals surface area contributed by atoms with E-state index in [0.717, 1.165) is 94.4 Å². The molecule has 0 bridgehead atoms. The van der Waals surface area contributed by atoms with Gasteiger partial charge in [-0.15, -0.1) is 32.9 Å². The van der Waals surface area contributed by atoms with Crippen molar-refractivity contribution in [2.75, 3.05) is 0 Å².